The lowest BCUT2D eigenvalue weighted by Crippen LogP contribution is -2.14. The second kappa shape index (κ2) is 5.37. The molecule has 0 bridgehead atoms. The summed E-state index contributed by atoms with van der Waals surface area (Å²) in [6.45, 7) is -0.118. The van der Waals surface area contributed by atoms with Crippen molar-refractivity contribution in [1.82, 2.24) is 20.2 Å². The number of rotatable bonds is 4. The highest BCUT2D eigenvalue weighted by Crippen LogP contribution is 2.18. The molecule has 0 aliphatic heterocycles. The predicted molar refractivity (Wildman–Crippen MR) is 68.4 cm³/mol. The van der Waals surface area contributed by atoms with Crippen molar-refractivity contribution in [3.8, 4) is 11.4 Å². The fourth-order valence-electron chi connectivity index (χ4n) is 1.56. The number of aromatic nitrogens is 4. The van der Waals surface area contributed by atoms with Crippen LogP contribution in [-0.4, -0.2) is 48.0 Å². The van der Waals surface area contributed by atoms with Crippen LogP contribution in [0.2, 0.25) is 0 Å². The van der Waals surface area contributed by atoms with Gasteiger partial charge >= 0.3 is 5.97 Å². The van der Waals surface area contributed by atoms with Gasteiger partial charge in [0.15, 0.2) is 15.7 Å². The van der Waals surface area contributed by atoms with E-state index < -0.39 is 15.8 Å². The lowest BCUT2D eigenvalue weighted by molar-refractivity contribution is -0.141. The molecule has 0 radical (unpaired) electrons. The van der Waals surface area contributed by atoms with Crippen LogP contribution in [0.4, 0.5) is 0 Å². The number of sulfone groups is 1. The second-order valence-corrected chi connectivity index (χ2v) is 6.05. The first-order chi connectivity index (χ1) is 9.41. The van der Waals surface area contributed by atoms with Crippen molar-refractivity contribution in [2.24, 2.45) is 0 Å². The van der Waals surface area contributed by atoms with E-state index in [9.17, 15) is 13.2 Å². The highest BCUT2D eigenvalue weighted by atomic mass is 32.2. The first-order valence-electron chi connectivity index (χ1n) is 5.55. The zero-order valence-corrected chi connectivity index (χ0v) is 11.7. The van der Waals surface area contributed by atoms with Gasteiger partial charge < -0.3 is 4.74 Å². The quantitative estimate of drug-likeness (QED) is 0.726. The van der Waals surface area contributed by atoms with E-state index in [0.29, 0.717) is 11.4 Å². The molecule has 2 rings (SSSR count). The predicted octanol–water partition coefficient (Wildman–Crippen LogP) is -0.0834. The SMILES string of the molecule is COC(=O)Cn1nnnc1-c1ccc(S(C)(=O)=O)cc1. The van der Waals surface area contributed by atoms with Crippen molar-refractivity contribution in [3.05, 3.63) is 24.3 Å². The first kappa shape index (κ1) is 14.1. The monoisotopic (exact) mass is 296 g/mol. The summed E-state index contributed by atoms with van der Waals surface area (Å²) in [7, 11) is -1.98. The third-order valence-corrected chi connectivity index (χ3v) is 3.71. The molecule has 106 valence electrons. The molecule has 0 spiro atoms. The Kier molecular flexibility index (Phi) is 3.79. The summed E-state index contributed by atoms with van der Waals surface area (Å²) in [6.07, 6.45) is 1.13. The van der Waals surface area contributed by atoms with E-state index in [1.54, 1.807) is 12.1 Å². The van der Waals surface area contributed by atoms with E-state index in [0.717, 1.165) is 6.26 Å². The maximum atomic E-state index is 11.4. The van der Waals surface area contributed by atoms with E-state index >= 15 is 0 Å². The lowest BCUT2D eigenvalue weighted by Gasteiger charge is -2.04. The number of hydrogen-bond acceptors (Lipinski definition) is 7. The molecule has 0 aliphatic carbocycles. The minimum Gasteiger partial charge on any atom is -0.468 e. The van der Waals surface area contributed by atoms with Crippen LogP contribution in [0.3, 0.4) is 0 Å². The summed E-state index contributed by atoms with van der Waals surface area (Å²) in [5.74, 6) is -0.123. The topological polar surface area (TPSA) is 104 Å². The Hall–Kier alpha value is -2.29. The minimum atomic E-state index is -3.25. The van der Waals surface area contributed by atoms with Crippen molar-refractivity contribution in [2.45, 2.75) is 11.4 Å². The normalized spacial score (nSPS) is 11.3. The smallest absolute Gasteiger partial charge is 0.327 e. The van der Waals surface area contributed by atoms with E-state index in [4.69, 9.17) is 0 Å². The third kappa shape index (κ3) is 2.99. The van der Waals surface area contributed by atoms with Gasteiger partial charge in [0.1, 0.15) is 6.54 Å². The lowest BCUT2D eigenvalue weighted by atomic mass is 10.2. The molecule has 9 heteroatoms. The molecule has 8 nitrogen and oxygen atoms in total. The standard InChI is InChI=1S/C11H12N4O4S/c1-19-10(16)7-15-11(12-13-14-15)8-3-5-9(6-4-8)20(2,17)18/h3-6H,7H2,1-2H3. The van der Waals surface area contributed by atoms with Gasteiger partial charge in [-0.1, -0.05) is 0 Å². The Bertz CT molecular complexity index is 721. The number of carbonyl (C=O) groups is 1. The second-order valence-electron chi connectivity index (χ2n) is 4.03. The van der Waals surface area contributed by atoms with E-state index in [-0.39, 0.29) is 11.4 Å². The van der Waals surface area contributed by atoms with Crippen LogP contribution in [0.1, 0.15) is 0 Å². The van der Waals surface area contributed by atoms with Crippen LogP contribution >= 0.6 is 0 Å². The number of ether oxygens (including phenoxy) is 1. The van der Waals surface area contributed by atoms with Crippen LogP contribution < -0.4 is 0 Å². The van der Waals surface area contributed by atoms with Crippen molar-refractivity contribution in [1.29, 1.82) is 0 Å². The Labute approximate surface area is 115 Å². The molecule has 0 amide bonds. The van der Waals surface area contributed by atoms with Crippen LogP contribution in [0.25, 0.3) is 11.4 Å². The summed E-state index contributed by atoms with van der Waals surface area (Å²) >= 11 is 0. The van der Waals surface area contributed by atoms with Gasteiger partial charge in [-0.15, -0.1) is 5.10 Å². The molecule has 20 heavy (non-hydrogen) atoms. The van der Waals surface area contributed by atoms with Gasteiger partial charge in [-0.25, -0.2) is 13.1 Å². The number of carbonyl (C=O) groups excluding carboxylic acids is 1. The molecular weight excluding hydrogens is 284 g/mol. The fourth-order valence-corrected chi connectivity index (χ4v) is 2.19. The molecular formula is C11H12N4O4S. The molecule has 1 aromatic carbocycles. The number of nitrogens with zero attached hydrogens (tertiary/aromatic N) is 4. The maximum absolute atomic E-state index is 11.4. The fraction of sp³-hybridized carbons (Fsp3) is 0.273. The van der Waals surface area contributed by atoms with Crippen LogP contribution in [0.5, 0.6) is 0 Å². The first-order valence-corrected chi connectivity index (χ1v) is 7.44. The number of benzene rings is 1. The van der Waals surface area contributed by atoms with E-state index in [2.05, 4.69) is 20.3 Å². The van der Waals surface area contributed by atoms with Gasteiger partial charge in [-0.05, 0) is 34.7 Å². The summed E-state index contributed by atoms with van der Waals surface area (Å²) in [5, 5.41) is 11.0. The van der Waals surface area contributed by atoms with Crippen LogP contribution in [0, 0.1) is 0 Å². The van der Waals surface area contributed by atoms with E-state index in [1.165, 1.54) is 23.9 Å². The van der Waals surface area contributed by atoms with E-state index in [1.807, 2.05) is 0 Å². The van der Waals surface area contributed by atoms with Gasteiger partial charge in [-0.3, -0.25) is 4.79 Å². The molecule has 0 saturated carbocycles. The summed E-state index contributed by atoms with van der Waals surface area (Å²) in [4.78, 5) is 11.4. The highest BCUT2D eigenvalue weighted by Gasteiger charge is 2.13. The molecule has 0 aliphatic rings. The highest BCUT2D eigenvalue weighted by molar-refractivity contribution is 7.90. The average Bonchev–Trinajstić information content (AvgIpc) is 2.86. The number of hydrogen-bond donors (Lipinski definition) is 0. The zero-order valence-electron chi connectivity index (χ0n) is 10.8. The Morgan fingerprint density at radius 3 is 2.50 bits per heavy atom. The molecule has 2 aromatic rings. The van der Waals surface area contributed by atoms with Crippen molar-refractivity contribution >= 4 is 15.8 Å². The van der Waals surface area contributed by atoms with Crippen LogP contribution in [-0.2, 0) is 25.9 Å². The number of tetrazole rings is 1. The van der Waals surface area contributed by atoms with Crippen molar-refractivity contribution in [3.63, 3.8) is 0 Å². The average molecular weight is 296 g/mol. The molecule has 0 N–H and O–H groups in total. The van der Waals surface area contributed by atoms with Gasteiger partial charge in [0.25, 0.3) is 0 Å². The third-order valence-electron chi connectivity index (χ3n) is 2.58. The van der Waals surface area contributed by atoms with Gasteiger partial charge in [0, 0.05) is 11.8 Å². The zero-order chi connectivity index (χ0) is 14.8. The summed E-state index contributed by atoms with van der Waals surface area (Å²) in [6, 6.07) is 6.08. The van der Waals surface area contributed by atoms with Gasteiger partial charge in [0.2, 0.25) is 0 Å². The molecule has 0 saturated heterocycles. The molecule has 1 heterocycles. The minimum absolute atomic E-state index is 0.118. The Morgan fingerprint density at radius 1 is 1.30 bits per heavy atom. The summed E-state index contributed by atoms with van der Waals surface area (Å²) < 4.78 is 28.6. The number of esters is 1. The molecule has 1 aromatic heterocycles. The maximum Gasteiger partial charge on any atom is 0.327 e. The van der Waals surface area contributed by atoms with Crippen molar-refractivity contribution in [2.75, 3.05) is 13.4 Å². The largest absolute Gasteiger partial charge is 0.468 e. The summed E-state index contributed by atoms with van der Waals surface area (Å²) in [5.41, 5.74) is 0.603. The molecule has 0 fully saturated rings. The Morgan fingerprint density at radius 2 is 1.95 bits per heavy atom. The van der Waals surface area contributed by atoms with Crippen molar-refractivity contribution < 1.29 is 17.9 Å². The van der Waals surface area contributed by atoms with Gasteiger partial charge in [0.05, 0.1) is 12.0 Å². The molecule has 0 unspecified atom stereocenters. The van der Waals surface area contributed by atoms with Crippen LogP contribution in [0.15, 0.2) is 29.2 Å². The molecule has 0 atom stereocenters. The Balaban J connectivity index is 2.33. The number of methoxy groups -OCH3 is 1. The van der Waals surface area contributed by atoms with Gasteiger partial charge in [-0.2, -0.15) is 0 Å².